The Labute approximate surface area is 142 Å². The maximum Gasteiger partial charge on any atom is 0.223 e. The Bertz CT molecular complexity index is 491. The number of hydrogen-bond acceptors (Lipinski definition) is 1. The molecule has 1 aliphatic rings. The first-order chi connectivity index (χ1) is 10.8. The van der Waals surface area contributed by atoms with Gasteiger partial charge in [0.1, 0.15) is 11.7 Å². The molecule has 0 heterocycles. The number of hydrogen-bond donors (Lipinski definition) is 1. The molecule has 1 N–H and O–H groups in total. The topological polar surface area (TPSA) is 29.1 Å². The van der Waals surface area contributed by atoms with Gasteiger partial charge in [-0.1, -0.05) is 64.3 Å². The molecule has 1 unspecified atom stereocenters. The number of carbonyl (C=O) groups excluding carboxylic acids is 1. The summed E-state index contributed by atoms with van der Waals surface area (Å²) in [6.07, 6.45) is 5.01. The monoisotopic (exact) mass is 345 g/mol. The van der Waals surface area contributed by atoms with Crippen LogP contribution < -0.4 is 5.32 Å². The largest absolute Gasteiger partial charge is 0.349 e. The molecule has 23 heavy (non-hydrogen) atoms. The van der Waals surface area contributed by atoms with E-state index in [2.05, 4.69) is 18.5 Å². The van der Waals surface area contributed by atoms with Gasteiger partial charge in [0, 0.05) is 11.5 Å². The zero-order chi connectivity index (χ0) is 17.6. The number of halogens is 3. The molecule has 0 bridgehead atoms. The predicted octanol–water partition coefficient (Wildman–Crippen LogP) is 5.56. The lowest BCUT2D eigenvalue weighted by Gasteiger charge is -2.29. The Hall–Kier alpha value is -1.16. The lowest BCUT2D eigenvalue weighted by Crippen LogP contribution is -2.44. The van der Waals surface area contributed by atoms with Crippen molar-refractivity contribution in [3.63, 3.8) is 0 Å². The van der Waals surface area contributed by atoms with Gasteiger partial charge in [0.15, 0.2) is 0 Å². The summed E-state index contributed by atoms with van der Waals surface area (Å²) in [5.74, 6) is -2.20. The fourth-order valence-corrected chi connectivity index (χ4v) is 3.32. The molecule has 1 atom stereocenters. The second kappa shape index (κ2) is 9.21. The molecule has 1 saturated carbocycles. The van der Waals surface area contributed by atoms with Crippen LogP contribution in [0.25, 0.3) is 0 Å². The lowest BCUT2D eigenvalue weighted by atomic mass is 9.87. The summed E-state index contributed by atoms with van der Waals surface area (Å²) in [6, 6.07) is -0.786. The molecular weight excluding hydrogens is 320 g/mol. The molecule has 1 aliphatic carbocycles. The summed E-state index contributed by atoms with van der Waals surface area (Å²) >= 11 is 5.62. The molecule has 0 aromatic carbocycles. The summed E-state index contributed by atoms with van der Waals surface area (Å²) < 4.78 is 28.3. The molecule has 1 fully saturated rings. The van der Waals surface area contributed by atoms with Gasteiger partial charge in [-0.3, -0.25) is 4.79 Å². The van der Waals surface area contributed by atoms with E-state index in [0.29, 0.717) is 12.8 Å². The van der Waals surface area contributed by atoms with Crippen LogP contribution in [0, 0.1) is 11.8 Å². The van der Waals surface area contributed by atoms with E-state index in [9.17, 15) is 13.6 Å². The SMILES string of the molecule is C=C(Cl)/C(F)=C(\C(=C)F)C(NC(=O)C1CCCC1)C(CC)CC. The summed E-state index contributed by atoms with van der Waals surface area (Å²) in [5.41, 5.74) is -0.287. The Morgan fingerprint density at radius 2 is 1.74 bits per heavy atom. The van der Waals surface area contributed by atoms with E-state index < -0.39 is 17.7 Å². The highest BCUT2D eigenvalue weighted by atomic mass is 35.5. The number of carbonyl (C=O) groups is 1. The van der Waals surface area contributed by atoms with Gasteiger partial charge < -0.3 is 5.32 Å². The van der Waals surface area contributed by atoms with E-state index >= 15 is 0 Å². The highest BCUT2D eigenvalue weighted by Gasteiger charge is 2.32. The van der Waals surface area contributed by atoms with Crippen LogP contribution in [0.1, 0.15) is 52.4 Å². The van der Waals surface area contributed by atoms with Gasteiger partial charge in [-0.15, -0.1) is 0 Å². The molecule has 0 aliphatic heterocycles. The van der Waals surface area contributed by atoms with Crippen LogP contribution in [-0.2, 0) is 4.79 Å². The highest BCUT2D eigenvalue weighted by molar-refractivity contribution is 6.31. The van der Waals surface area contributed by atoms with Crippen LogP contribution >= 0.6 is 11.6 Å². The fourth-order valence-electron chi connectivity index (χ4n) is 3.22. The van der Waals surface area contributed by atoms with Crippen molar-refractivity contribution >= 4 is 17.5 Å². The molecule has 0 spiro atoms. The minimum atomic E-state index is -0.942. The van der Waals surface area contributed by atoms with Gasteiger partial charge in [-0.05, 0) is 18.8 Å². The average molecular weight is 346 g/mol. The fraction of sp³-hybridized carbons (Fsp3) is 0.611. The zero-order valence-electron chi connectivity index (χ0n) is 13.9. The van der Waals surface area contributed by atoms with Gasteiger partial charge in [-0.25, -0.2) is 8.78 Å². The minimum absolute atomic E-state index is 0.0803. The molecule has 1 rings (SSSR count). The Morgan fingerprint density at radius 1 is 1.22 bits per heavy atom. The molecule has 0 saturated heterocycles. The van der Waals surface area contributed by atoms with Gasteiger partial charge in [0.2, 0.25) is 5.91 Å². The van der Waals surface area contributed by atoms with E-state index in [1.807, 2.05) is 13.8 Å². The number of amides is 1. The molecule has 2 nitrogen and oxygen atoms in total. The maximum atomic E-state index is 14.3. The molecular formula is C18H26ClF2NO. The molecule has 0 aromatic rings. The predicted molar refractivity (Wildman–Crippen MR) is 91.3 cm³/mol. The zero-order valence-corrected chi connectivity index (χ0v) is 14.7. The number of rotatable bonds is 8. The van der Waals surface area contributed by atoms with Crippen molar-refractivity contribution in [3.8, 4) is 0 Å². The Balaban J connectivity index is 3.16. The van der Waals surface area contributed by atoms with Crippen molar-refractivity contribution in [2.45, 2.75) is 58.4 Å². The third-order valence-electron chi connectivity index (χ3n) is 4.62. The minimum Gasteiger partial charge on any atom is -0.349 e. The van der Waals surface area contributed by atoms with Crippen molar-refractivity contribution in [2.24, 2.45) is 11.8 Å². The van der Waals surface area contributed by atoms with Crippen LogP contribution in [0.5, 0.6) is 0 Å². The number of allylic oxidation sites excluding steroid dienone is 2. The molecule has 130 valence electrons. The highest BCUT2D eigenvalue weighted by Crippen LogP contribution is 2.33. The normalized spacial score (nSPS) is 17.8. The summed E-state index contributed by atoms with van der Waals surface area (Å²) in [5, 5.41) is 2.46. The Morgan fingerprint density at radius 3 is 2.13 bits per heavy atom. The second-order valence-corrected chi connectivity index (χ2v) is 6.54. The van der Waals surface area contributed by atoms with E-state index in [0.717, 1.165) is 25.7 Å². The maximum absolute atomic E-state index is 14.3. The van der Waals surface area contributed by atoms with Gasteiger partial charge in [0.25, 0.3) is 0 Å². The van der Waals surface area contributed by atoms with Gasteiger partial charge in [-0.2, -0.15) is 0 Å². The molecule has 5 heteroatoms. The summed E-state index contributed by atoms with van der Waals surface area (Å²) in [6.45, 7) is 10.4. The van der Waals surface area contributed by atoms with E-state index in [1.165, 1.54) is 0 Å². The van der Waals surface area contributed by atoms with E-state index in [1.54, 1.807) is 0 Å². The molecule has 0 aromatic heterocycles. The van der Waals surface area contributed by atoms with E-state index in [-0.39, 0.29) is 28.3 Å². The van der Waals surface area contributed by atoms with E-state index in [4.69, 9.17) is 11.6 Å². The van der Waals surface area contributed by atoms with Crippen LogP contribution in [0.4, 0.5) is 8.78 Å². The third kappa shape index (κ3) is 5.17. The van der Waals surface area contributed by atoms with Crippen LogP contribution in [0.3, 0.4) is 0 Å². The first-order valence-electron chi connectivity index (χ1n) is 8.22. The van der Waals surface area contributed by atoms with Crippen molar-refractivity contribution in [3.05, 3.63) is 35.4 Å². The summed E-state index contributed by atoms with van der Waals surface area (Å²) in [7, 11) is 0. The quantitative estimate of drug-likeness (QED) is 0.573. The summed E-state index contributed by atoms with van der Waals surface area (Å²) in [4.78, 5) is 12.4. The van der Waals surface area contributed by atoms with Crippen LogP contribution in [0.2, 0.25) is 0 Å². The number of nitrogens with one attached hydrogen (secondary N) is 1. The third-order valence-corrected chi connectivity index (χ3v) is 4.79. The first-order valence-corrected chi connectivity index (χ1v) is 8.60. The molecule has 0 radical (unpaired) electrons. The van der Waals surface area contributed by atoms with Crippen molar-refractivity contribution in [1.29, 1.82) is 0 Å². The van der Waals surface area contributed by atoms with Crippen molar-refractivity contribution < 1.29 is 13.6 Å². The van der Waals surface area contributed by atoms with Crippen molar-refractivity contribution in [1.82, 2.24) is 5.32 Å². The van der Waals surface area contributed by atoms with Gasteiger partial charge >= 0.3 is 0 Å². The van der Waals surface area contributed by atoms with Crippen molar-refractivity contribution in [2.75, 3.05) is 0 Å². The lowest BCUT2D eigenvalue weighted by molar-refractivity contribution is -0.125. The Kier molecular flexibility index (Phi) is 7.97. The average Bonchev–Trinajstić information content (AvgIpc) is 3.02. The second-order valence-electron chi connectivity index (χ2n) is 6.08. The smallest absolute Gasteiger partial charge is 0.223 e. The van der Waals surface area contributed by atoms with Crippen LogP contribution in [0.15, 0.2) is 35.4 Å². The molecule has 1 amide bonds. The van der Waals surface area contributed by atoms with Crippen LogP contribution in [-0.4, -0.2) is 11.9 Å². The first kappa shape index (κ1) is 19.9. The standard InChI is InChI=1S/C18H26ClF2NO/c1-5-13(6-2)17(15(12(4)20)16(21)11(3)19)22-18(23)14-9-7-8-10-14/h13-14,17H,3-10H2,1-2H3,(H,22,23)/b16-15-. The van der Waals surface area contributed by atoms with Gasteiger partial charge in [0.05, 0.1) is 11.1 Å².